The van der Waals surface area contributed by atoms with Gasteiger partial charge in [-0.25, -0.2) is 0 Å². The summed E-state index contributed by atoms with van der Waals surface area (Å²) in [6.07, 6.45) is 5.88. The second kappa shape index (κ2) is 5.85. The zero-order valence-electron chi connectivity index (χ0n) is 12.1. The Balaban J connectivity index is 1.84. The van der Waals surface area contributed by atoms with Crippen molar-refractivity contribution < 1.29 is 9.90 Å². The average molecular weight is 287 g/mol. The first-order valence-electron chi connectivity index (χ1n) is 7.61. The molecule has 1 aliphatic carbocycles. The average Bonchev–Trinajstić information content (AvgIpc) is 2.92. The van der Waals surface area contributed by atoms with Gasteiger partial charge in [0.05, 0.1) is 5.52 Å². The van der Waals surface area contributed by atoms with E-state index in [9.17, 15) is 9.90 Å². The molecule has 1 fully saturated rings. The van der Waals surface area contributed by atoms with E-state index in [1.807, 2.05) is 24.3 Å². The number of H-pyrrole nitrogens is 1. The lowest BCUT2D eigenvalue weighted by Crippen LogP contribution is -2.50. The van der Waals surface area contributed by atoms with Crippen molar-refractivity contribution in [2.45, 2.75) is 44.1 Å². The number of aromatic nitrogens is 2. The second-order valence-electron chi connectivity index (χ2n) is 5.89. The van der Waals surface area contributed by atoms with Crippen LogP contribution in [0.2, 0.25) is 0 Å². The molecule has 0 saturated heterocycles. The van der Waals surface area contributed by atoms with E-state index in [2.05, 4.69) is 15.5 Å². The van der Waals surface area contributed by atoms with Gasteiger partial charge >= 0.3 is 0 Å². The molecule has 0 radical (unpaired) electrons. The predicted molar refractivity (Wildman–Crippen MR) is 81.1 cm³/mol. The molecule has 5 nitrogen and oxygen atoms in total. The second-order valence-corrected chi connectivity index (χ2v) is 5.89. The number of nitrogens with one attached hydrogen (secondary N) is 2. The number of nitrogens with zero attached hydrogens (tertiary/aromatic N) is 1. The van der Waals surface area contributed by atoms with Gasteiger partial charge in [-0.1, -0.05) is 37.5 Å². The molecule has 1 aromatic heterocycles. The molecule has 112 valence electrons. The molecule has 5 heteroatoms. The maximum Gasteiger partial charge on any atom is 0.272 e. The third-order valence-electron chi connectivity index (χ3n) is 4.47. The first-order valence-corrected chi connectivity index (χ1v) is 7.61. The van der Waals surface area contributed by atoms with Crippen molar-refractivity contribution >= 4 is 16.8 Å². The number of amides is 1. The molecule has 21 heavy (non-hydrogen) atoms. The van der Waals surface area contributed by atoms with Gasteiger partial charge in [0.25, 0.3) is 5.91 Å². The Labute approximate surface area is 123 Å². The highest BCUT2D eigenvalue weighted by molar-refractivity contribution is 6.04. The molecule has 3 rings (SSSR count). The summed E-state index contributed by atoms with van der Waals surface area (Å²) in [6.45, 7) is 0.0988. The third kappa shape index (κ3) is 2.78. The Morgan fingerprint density at radius 2 is 2.05 bits per heavy atom. The van der Waals surface area contributed by atoms with Gasteiger partial charge in [0.15, 0.2) is 5.69 Å². The van der Waals surface area contributed by atoms with E-state index in [0.29, 0.717) is 12.1 Å². The Hall–Kier alpha value is -1.88. The van der Waals surface area contributed by atoms with Crippen molar-refractivity contribution in [2.24, 2.45) is 0 Å². The lowest BCUT2D eigenvalue weighted by atomic mass is 9.79. The number of hydrogen-bond acceptors (Lipinski definition) is 3. The molecule has 2 aromatic rings. The van der Waals surface area contributed by atoms with Crippen LogP contribution >= 0.6 is 0 Å². The lowest BCUT2D eigenvalue weighted by Gasteiger charge is -2.37. The topological polar surface area (TPSA) is 78.0 Å². The van der Waals surface area contributed by atoms with E-state index in [-0.39, 0.29) is 18.1 Å². The van der Waals surface area contributed by atoms with Crippen LogP contribution in [0, 0.1) is 0 Å². The maximum absolute atomic E-state index is 12.6. The fourth-order valence-electron chi connectivity index (χ4n) is 3.32. The van der Waals surface area contributed by atoms with Gasteiger partial charge in [0.2, 0.25) is 0 Å². The first-order chi connectivity index (χ1) is 10.2. The summed E-state index contributed by atoms with van der Waals surface area (Å²) in [5.41, 5.74) is 1.03. The smallest absolute Gasteiger partial charge is 0.272 e. The van der Waals surface area contributed by atoms with E-state index in [4.69, 9.17) is 0 Å². The van der Waals surface area contributed by atoms with Crippen LogP contribution in [0.1, 0.15) is 49.0 Å². The van der Waals surface area contributed by atoms with Crippen molar-refractivity contribution in [3.63, 3.8) is 0 Å². The Bertz CT molecular complexity index is 624. The van der Waals surface area contributed by atoms with Crippen molar-refractivity contribution in [1.29, 1.82) is 0 Å². The van der Waals surface area contributed by atoms with Gasteiger partial charge in [0.1, 0.15) is 0 Å². The standard InChI is InChI=1S/C16H21N3O2/c20-11-10-16(8-4-1-5-9-16)17-15(21)14-12-6-2-3-7-13(12)18-19-14/h2-3,6-7,20H,1,4-5,8-11H2,(H,17,21)(H,18,19). The van der Waals surface area contributed by atoms with Gasteiger partial charge < -0.3 is 10.4 Å². The maximum atomic E-state index is 12.6. The number of aliphatic hydroxyl groups is 1. The highest BCUT2D eigenvalue weighted by Gasteiger charge is 2.34. The van der Waals surface area contributed by atoms with E-state index in [1.54, 1.807) is 0 Å². The normalized spacial score (nSPS) is 17.8. The Kier molecular flexibility index (Phi) is 3.92. The molecule has 1 amide bonds. The van der Waals surface area contributed by atoms with Gasteiger partial charge in [-0.2, -0.15) is 5.10 Å². The Morgan fingerprint density at radius 1 is 1.29 bits per heavy atom. The lowest BCUT2D eigenvalue weighted by molar-refractivity contribution is 0.0832. The number of aromatic amines is 1. The van der Waals surface area contributed by atoms with E-state index in [0.717, 1.165) is 36.6 Å². The number of rotatable bonds is 4. The largest absolute Gasteiger partial charge is 0.396 e. The third-order valence-corrected chi connectivity index (χ3v) is 4.47. The summed E-state index contributed by atoms with van der Waals surface area (Å²) in [6, 6.07) is 7.62. The quantitative estimate of drug-likeness (QED) is 0.808. The van der Waals surface area contributed by atoms with E-state index in [1.165, 1.54) is 6.42 Å². The summed E-state index contributed by atoms with van der Waals surface area (Å²) < 4.78 is 0. The minimum atomic E-state index is -0.274. The molecule has 1 saturated carbocycles. The predicted octanol–water partition coefficient (Wildman–Crippen LogP) is 2.38. The molecule has 3 N–H and O–H groups in total. The van der Waals surface area contributed by atoms with Crippen molar-refractivity contribution in [2.75, 3.05) is 6.61 Å². The number of hydrogen-bond donors (Lipinski definition) is 3. The van der Waals surface area contributed by atoms with Gasteiger partial charge in [-0.3, -0.25) is 9.89 Å². The van der Waals surface area contributed by atoms with Crippen molar-refractivity contribution in [3.05, 3.63) is 30.0 Å². The monoisotopic (exact) mass is 287 g/mol. The van der Waals surface area contributed by atoms with Gasteiger partial charge in [-0.15, -0.1) is 0 Å². The summed E-state index contributed by atoms with van der Waals surface area (Å²) in [4.78, 5) is 12.6. The van der Waals surface area contributed by atoms with Gasteiger partial charge in [0, 0.05) is 17.5 Å². The van der Waals surface area contributed by atoms with E-state index >= 15 is 0 Å². The first kappa shape index (κ1) is 14.1. The molecule has 0 atom stereocenters. The summed E-state index contributed by atoms with van der Waals surface area (Å²) in [5, 5.41) is 20.4. The summed E-state index contributed by atoms with van der Waals surface area (Å²) >= 11 is 0. The molecule has 1 heterocycles. The number of carbonyl (C=O) groups is 1. The van der Waals surface area contributed by atoms with E-state index < -0.39 is 0 Å². The highest BCUT2D eigenvalue weighted by atomic mass is 16.3. The van der Waals surface area contributed by atoms with Crippen LogP contribution < -0.4 is 5.32 Å². The molecule has 1 aromatic carbocycles. The van der Waals surface area contributed by atoms with Crippen molar-refractivity contribution in [1.82, 2.24) is 15.5 Å². The number of aliphatic hydroxyl groups excluding tert-OH is 1. The van der Waals surface area contributed by atoms with Crippen LogP contribution in [0.3, 0.4) is 0 Å². The zero-order chi connectivity index (χ0) is 14.7. The molecular formula is C16H21N3O2. The highest BCUT2D eigenvalue weighted by Crippen LogP contribution is 2.31. The summed E-state index contributed by atoms with van der Waals surface area (Å²) in [7, 11) is 0. The van der Waals surface area contributed by atoms with Crippen LogP contribution in [0.5, 0.6) is 0 Å². The fraction of sp³-hybridized carbons (Fsp3) is 0.500. The van der Waals surface area contributed by atoms with Crippen LogP contribution in [0.4, 0.5) is 0 Å². The molecular weight excluding hydrogens is 266 g/mol. The molecule has 0 bridgehead atoms. The number of carbonyl (C=O) groups excluding carboxylic acids is 1. The molecule has 1 aliphatic rings. The van der Waals surface area contributed by atoms with Crippen LogP contribution in [-0.4, -0.2) is 33.4 Å². The minimum Gasteiger partial charge on any atom is -0.396 e. The number of benzene rings is 1. The minimum absolute atomic E-state index is 0.0988. The zero-order valence-corrected chi connectivity index (χ0v) is 12.1. The Morgan fingerprint density at radius 3 is 2.81 bits per heavy atom. The summed E-state index contributed by atoms with van der Waals surface area (Å²) in [5.74, 6) is -0.150. The SMILES string of the molecule is O=C(NC1(CCO)CCCCC1)c1n[nH]c2ccccc12. The van der Waals surface area contributed by atoms with Crippen LogP contribution in [0.25, 0.3) is 10.9 Å². The molecule has 0 unspecified atom stereocenters. The number of fused-ring (bicyclic) bond motifs is 1. The molecule has 0 spiro atoms. The number of para-hydroxylation sites is 1. The van der Waals surface area contributed by atoms with Crippen molar-refractivity contribution in [3.8, 4) is 0 Å². The fourth-order valence-corrected chi connectivity index (χ4v) is 3.32. The van der Waals surface area contributed by atoms with Gasteiger partial charge in [-0.05, 0) is 25.3 Å². The molecule has 0 aliphatic heterocycles. The van der Waals surface area contributed by atoms with Crippen LogP contribution in [0.15, 0.2) is 24.3 Å². The van der Waals surface area contributed by atoms with Crippen LogP contribution in [-0.2, 0) is 0 Å².